The summed E-state index contributed by atoms with van der Waals surface area (Å²) in [6.07, 6.45) is 6.94. The number of benzene rings is 1. The summed E-state index contributed by atoms with van der Waals surface area (Å²) in [5.41, 5.74) is 7.81. The highest BCUT2D eigenvalue weighted by atomic mass is 15.1. The van der Waals surface area contributed by atoms with Gasteiger partial charge in [0.15, 0.2) is 0 Å². The Morgan fingerprint density at radius 3 is 3.00 bits per heavy atom. The molecule has 4 nitrogen and oxygen atoms in total. The Labute approximate surface area is 136 Å². The van der Waals surface area contributed by atoms with Crippen molar-refractivity contribution in [1.29, 1.82) is 0 Å². The topological polar surface area (TPSA) is 36.9 Å². The maximum absolute atomic E-state index is 4.13. The molecule has 0 fully saturated rings. The lowest BCUT2D eigenvalue weighted by Crippen LogP contribution is -2.26. The number of hydrogen-bond donors (Lipinski definition) is 1. The third-order valence-corrected chi connectivity index (χ3v) is 4.78. The first kappa shape index (κ1) is 14.3. The van der Waals surface area contributed by atoms with Gasteiger partial charge in [-0.2, -0.15) is 0 Å². The molecule has 4 heteroatoms. The Balaban J connectivity index is 1.94. The highest BCUT2D eigenvalue weighted by molar-refractivity contribution is 5.90. The number of likely N-dealkylation sites (N-methyl/N-ethyl adjacent to an activating group) is 1. The number of fused-ring (bicyclic) bond motifs is 3. The molecule has 1 aromatic carbocycles. The summed E-state index contributed by atoms with van der Waals surface area (Å²) in [5.74, 6) is 0. The predicted octanol–water partition coefficient (Wildman–Crippen LogP) is 3.68. The van der Waals surface area contributed by atoms with Crippen molar-refractivity contribution in [3.05, 3.63) is 53.2 Å². The molecule has 4 rings (SSSR count). The normalized spacial score (nSPS) is 16.0. The molecule has 0 radical (unpaired) electrons. The van der Waals surface area contributed by atoms with Crippen LogP contribution in [0.2, 0.25) is 0 Å². The largest absolute Gasteiger partial charge is 0.345 e. The van der Waals surface area contributed by atoms with Gasteiger partial charge in [0.2, 0.25) is 0 Å². The fraction of sp³-hybridized carbons (Fsp3) is 0.316. The lowest BCUT2D eigenvalue weighted by molar-refractivity contribution is 0.312. The van der Waals surface area contributed by atoms with Gasteiger partial charge in [-0.1, -0.05) is 11.6 Å². The van der Waals surface area contributed by atoms with Crippen molar-refractivity contribution in [2.75, 3.05) is 13.6 Å². The van der Waals surface area contributed by atoms with E-state index in [1.54, 1.807) is 6.33 Å². The summed E-state index contributed by atoms with van der Waals surface area (Å²) in [6, 6.07) is 6.77. The lowest BCUT2D eigenvalue weighted by Gasteiger charge is -2.23. The van der Waals surface area contributed by atoms with Crippen LogP contribution in [0.4, 0.5) is 0 Å². The summed E-state index contributed by atoms with van der Waals surface area (Å²) in [4.78, 5) is 9.73. The minimum absolute atomic E-state index is 1.03. The molecule has 1 aliphatic rings. The van der Waals surface area contributed by atoms with Crippen molar-refractivity contribution < 1.29 is 0 Å². The molecule has 0 atom stereocenters. The third-order valence-electron chi connectivity index (χ3n) is 4.78. The van der Waals surface area contributed by atoms with Crippen LogP contribution < -0.4 is 0 Å². The van der Waals surface area contributed by atoms with Gasteiger partial charge in [-0.3, -0.25) is 0 Å². The van der Waals surface area contributed by atoms with E-state index in [0.29, 0.717) is 0 Å². The van der Waals surface area contributed by atoms with E-state index in [2.05, 4.69) is 64.7 Å². The number of aryl methyl sites for hydroxylation is 1. The molecule has 118 valence electrons. The van der Waals surface area contributed by atoms with E-state index in [-0.39, 0.29) is 0 Å². The van der Waals surface area contributed by atoms with E-state index in [0.717, 1.165) is 25.2 Å². The summed E-state index contributed by atoms with van der Waals surface area (Å²) in [6.45, 7) is 6.44. The second-order valence-corrected chi connectivity index (χ2v) is 6.58. The fourth-order valence-electron chi connectivity index (χ4n) is 3.52. The Morgan fingerprint density at radius 1 is 1.35 bits per heavy atom. The van der Waals surface area contributed by atoms with E-state index in [9.17, 15) is 0 Å². The molecule has 0 aliphatic carbocycles. The molecule has 1 aliphatic heterocycles. The Bertz CT molecular complexity index is 884. The Morgan fingerprint density at radius 2 is 2.22 bits per heavy atom. The SMILES string of the molecule is CC(=Cn1c2c(c3cc(C)ccc31)CN(C)CC2)c1cnc[nH]1. The van der Waals surface area contributed by atoms with E-state index in [1.165, 1.54) is 33.3 Å². The number of aromatic nitrogens is 3. The quantitative estimate of drug-likeness (QED) is 0.784. The van der Waals surface area contributed by atoms with Crippen LogP contribution >= 0.6 is 0 Å². The van der Waals surface area contributed by atoms with Gasteiger partial charge < -0.3 is 14.5 Å². The van der Waals surface area contributed by atoms with Gasteiger partial charge in [-0.25, -0.2) is 4.98 Å². The number of imidazole rings is 1. The second-order valence-electron chi connectivity index (χ2n) is 6.58. The fourth-order valence-corrected chi connectivity index (χ4v) is 3.52. The van der Waals surface area contributed by atoms with E-state index in [1.807, 2.05) is 6.20 Å². The highest BCUT2D eigenvalue weighted by Crippen LogP contribution is 2.32. The minimum atomic E-state index is 1.03. The molecule has 2 aromatic heterocycles. The van der Waals surface area contributed by atoms with E-state index in [4.69, 9.17) is 0 Å². The Kier molecular flexibility index (Phi) is 3.34. The van der Waals surface area contributed by atoms with Gasteiger partial charge in [-0.15, -0.1) is 0 Å². The van der Waals surface area contributed by atoms with Crippen LogP contribution in [0, 0.1) is 6.92 Å². The highest BCUT2D eigenvalue weighted by Gasteiger charge is 2.21. The molecule has 0 spiro atoms. The maximum atomic E-state index is 4.13. The molecular weight excluding hydrogens is 284 g/mol. The summed E-state index contributed by atoms with van der Waals surface area (Å²) in [7, 11) is 2.20. The minimum Gasteiger partial charge on any atom is -0.345 e. The van der Waals surface area contributed by atoms with Crippen LogP contribution in [0.15, 0.2) is 30.7 Å². The number of hydrogen-bond acceptors (Lipinski definition) is 2. The second kappa shape index (κ2) is 5.39. The van der Waals surface area contributed by atoms with Crippen LogP contribution in [0.1, 0.15) is 29.4 Å². The van der Waals surface area contributed by atoms with Crippen molar-refractivity contribution in [3.63, 3.8) is 0 Å². The van der Waals surface area contributed by atoms with Crippen molar-refractivity contribution >= 4 is 22.7 Å². The maximum Gasteiger partial charge on any atom is 0.0924 e. The summed E-state index contributed by atoms with van der Waals surface area (Å²) >= 11 is 0. The molecule has 0 unspecified atom stereocenters. The summed E-state index contributed by atoms with van der Waals surface area (Å²) in [5, 5.41) is 1.39. The molecule has 3 aromatic rings. The smallest absolute Gasteiger partial charge is 0.0924 e. The molecule has 23 heavy (non-hydrogen) atoms. The molecule has 0 saturated carbocycles. The average molecular weight is 306 g/mol. The van der Waals surface area contributed by atoms with Crippen LogP contribution in [-0.4, -0.2) is 33.0 Å². The zero-order valence-corrected chi connectivity index (χ0v) is 13.9. The number of nitrogens with zero attached hydrogens (tertiary/aromatic N) is 3. The van der Waals surface area contributed by atoms with Gasteiger partial charge in [0.05, 0.1) is 23.7 Å². The van der Waals surface area contributed by atoms with Crippen molar-refractivity contribution in [2.24, 2.45) is 0 Å². The average Bonchev–Trinajstić information content (AvgIpc) is 3.15. The molecular formula is C19H22N4. The van der Waals surface area contributed by atoms with Crippen LogP contribution in [0.3, 0.4) is 0 Å². The first-order chi connectivity index (χ1) is 11.1. The lowest BCUT2D eigenvalue weighted by atomic mass is 10.0. The number of H-pyrrole nitrogens is 1. The molecule has 0 bridgehead atoms. The zero-order valence-electron chi connectivity index (χ0n) is 13.9. The van der Waals surface area contributed by atoms with Gasteiger partial charge in [0.1, 0.15) is 0 Å². The molecule has 0 amide bonds. The van der Waals surface area contributed by atoms with Crippen LogP contribution in [0.5, 0.6) is 0 Å². The van der Waals surface area contributed by atoms with Gasteiger partial charge in [0, 0.05) is 36.8 Å². The van der Waals surface area contributed by atoms with Crippen LogP contribution in [0.25, 0.3) is 22.7 Å². The van der Waals surface area contributed by atoms with Crippen molar-refractivity contribution in [1.82, 2.24) is 19.4 Å². The number of rotatable bonds is 2. The first-order valence-corrected chi connectivity index (χ1v) is 8.11. The zero-order chi connectivity index (χ0) is 16.0. The van der Waals surface area contributed by atoms with Crippen molar-refractivity contribution in [3.8, 4) is 0 Å². The Hall–Kier alpha value is -2.33. The molecule has 0 saturated heterocycles. The molecule has 1 N–H and O–H groups in total. The number of aromatic amines is 1. The number of nitrogens with one attached hydrogen (secondary N) is 1. The van der Waals surface area contributed by atoms with Crippen LogP contribution in [-0.2, 0) is 13.0 Å². The molecule has 3 heterocycles. The van der Waals surface area contributed by atoms with E-state index < -0.39 is 0 Å². The van der Waals surface area contributed by atoms with Gasteiger partial charge in [0.25, 0.3) is 0 Å². The monoisotopic (exact) mass is 306 g/mol. The number of allylic oxidation sites excluding steroid dienone is 1. The van der Waals surface area contributed by atoms with Gasteiger partial charge >= 0.3 is 0 Å². The summed E-state index contributed by atoms with van der Waals surface area (Å²) < 4.78 is 2.38. The van der Waals surface area contributed by atoms with Gasteiger partial charge in [-0.05, 0) is 44.2 Å². The van der Waals surface area contributed by atoms with Crippen molar-refractivity contribution in [2.45, 2.75) is 26.8 Å². The third kappa shape index (κ3) is 2.39. The predicted molar refractivity (Wildman–Crippen MR) is 95.1 cm³/mol. The first-order valence-electron chi connectivity index (χ1n) is 8.11. The van der Waals surface area contributed by atoms with E-state index >= 15 is 0 Å². The standard InChI is InChI=1S/C19H22N4/c1-13-4-5-18-15(8-13)16-11-22(3)7-6-19(16)23(18)10-14(2)17-9-20-12-21-17/h4-5,8-10,12H,6-7,11H2,1-3H3,(H,20,21).